The van der Waals surface area contributed by atoms with Crippen LogP contribution in [0.25, 0.3) is 0 Å². The quantitative estimate of drug-likeness (QED) is 0.767. The number of nitrogens with one attached hydrogen (secondary N) is 1. The molecule has 0 amide bonds. The van der Waals surface area contributed by atoms with Crippen molar-refractivity contribution >= 4 is 5.69 Å². The summed E-state index contributed by atoms with van der Waals surface area (Å²) in [5.41, 5.74) is 7.25. The Morgan fingerprint density at radius 2 is 2.00 bits per heavy atom. The highest BCUT2D eigenvalue weighted by Gasteiger charge is 2.11. The molecule has 74 valence electrons. The average molecular weight is 188 g/mol. The molecule has 0 fully saturated rings. The number of hydrogen-bond donors (Lipinski definition) is 1. The summed E-state index contributed by atoms with van der Waals surface area (Å²) < 4.78 is 0. The molecule has 2 heteroatoms. The zero-order chi connectivity index (χ0) is 9.97. The van der Waals surface area contributed by atoms with E-state index in [1.807, 2.05) is 0 Å². The third-order valence-electron chi connectivity index (χ3n) is 2.59. The van der Waals surface area contributed by atoms with Crippen molar-refractivity contribution in [2.24, 2.45) is 0 Å². The minimum absolute atomic E-state index is 1.000. The van der Waals surface area contributed by atoms with Gasteiger partial charge in [-0.25, -0.2) is 0 Å². The molecule has 0 saturated heterocycles. The summed E-state index contributed by atoms with van der Waals surface area (Å²) in [5, 5.41) is 2.16. The van der Waals surface area contributed by atoms with Crippen molar-refractivity contribution in [2.45, 2.75) is 20.3 Å². The third-order valence-corrected chi connectivity index (χ3v) is 2.59. The summed E-state index contributed by atoms with van der Waals surface area (Å²) in [6.07, 6.45) is 3.22. The largest absolute Gasteiger partial charge is 0.305 e. The Morgan fingerprint density at radius 1 is 1.29 bits per heavy atom. The summed E-state index contributed by atoms with van der Waals surface area (Å²) >= 11 is 0. The molecule has 0 saturated carbocycles. The van der Waals surface area contributed by atoms with Crippen LogP contribution in [0.1, 0.15) is 18.9 Å². The van der Waals surface area contributed by atoms with Crippen molar-refractivity contribution in [3.05, 3.63) is 41.6 Å². The summed E-state index contributed by atoms with van der Waals surface area (Å²) in [7, 11) is 0. The van der Waals surface area contributed by atoms with E-state index in [2.05, 4.69) is 54.7 Å². The first kappa shape index (κ1) is 9.13. The second-order valence-electron chi connectivity index (χ2n) is 3.71. The zero-order valence-electron chi connectivity index (χ0n) is 8.75. The lowest BCUT2D eigenvalue weighted by atomic mass is 10.2. The number of rotatable bonds is 2. The molecule has 0 aromatic heterocycles. The minimum Gasteiger partial charge on any atom is -0.305 e. The summed E-state index contributed by atoms with van der Waals surface area (Å²) in [4.78, 5) is 0. The van der Waals surface area contributed by atoms with Crippen molar-refractivity contribution in [3.8, 4) is 0 Å². The van der Waals surface area contributed by atoms with E-state index >= 15 is 0 Å². The Hall–Kier alpha value is -1.44. The van der Waals surface area contributed by atoms with Crippen LogP contribution in [0.15, 0.2) is 36.0 Å². The Bertz CT molecular complexity index is 338. The van der Waals surface area contributed by atoms with Gasteiger partial charge in [-0.1, -0.05) is 24.6 Å². The highest BCUT2D eigenvalue weighted by molar-refractivity contribution is 5.49. The van der Waals surface area contributed by atoms with E-state index in [1.54, 1.807) is 0 Å². The molecule has 1 aliphatic rings. The standard InChI is InChI=1S/C12H16N2/c1-3-11-8-13-14(9-11)12-6-4-10(2)5-7-12/h4-8,13H,3,9H2,1-2H3. The highest BCUT2D eigenvalue weighted by atomic mass is 15.5. The SMILES string of the molecule is CCC1=CNN(c2ccc(C)cc2)C1. The van der Waals surface area contributed by atoms with Crippen molar-refractivity contribution in [2.75, 3.05) is 11.6 Å². The molecule has 2 rings (SSSR count). The number of anilines is 1. The van der Waals surface area contributed by atoms with Gasteiger partial charge >= 0.3 is 0 Å². The van der Waals surface area contributed by atoms with Crippen LogP contribution in [-0.2, 0) is 0 Å². The molecule has 0 atom stereocenters. The lowest BCUT2D eigenvalue weighted by Crippen LogP contribution is -2.29. The molecular weight excluding hydrogens is 172 g/mol. The van der Waals surface area contributed by atoms with Crippen LogP contribution in [0.5, 0.6) is 0 Å². The fourth-order valence-corrected chi connectivity index (χ4v) is 1.57. The van der Waals surface area contributed by atoms with Crippen molar-refractivity contribution < 1.29 is 0 Å². The Morgan fingerprint density at radius 3 is 2.57 bits per heavy atom. The second-order valence-corrected chi connectivity index (χ2v) is 3.71. The Labute approximate surface area is 85.2 Å². The molecule has 1 N–H and O–H groups in total. The predicted molar refractivity (Wildman–Crippen MR) is 60.0 cm³/mol. The molecule has 1 aliphatic heterocycles. The topological polar surface area (TPSA) is 15.3 Å². The van der Waals surface area contributed by atoms with Crippen LogP contribution in [0.3, 0.4) is 0 Å². The third kappa shape index (κ3) is 1.74. The molecule has 2 nitrogen and oxygen atoms in total. The molecule has 1 heterocycles. The number of aryl methyl sites for hydroxylation is 1. The van der Waals surface area contributed by atoms with E-state index in [9.17, 15) is 0 Å². The van der Waals surface area contributed by atoms with Crippen LogP contribution in [0.4, 0.5) is 5.69 Å². The minimum atomic E-state index is 1.000. The van der Waals surface area contributed by atoms with Gasteiger partial charge in [-0.15, -0.1) is 0 Å². The molecule has 0 aliphatic carbocycles. The van der Waals surface area contributed by atoms with E-state index in [0.29, 0.717) is 0 Å². The van der Waals surface area contributed by atoms with Crippen molar-refractivity contribution in [1.29, 1.82) is 0 Å². The number of nitrogens with zero attached hydrogens (tertiary/aromatic N) is 1. The van der Waals surface area contributed by atoms with Crippen molar-refractivity contribution in [1.82, 2.24) is 5.43 Å². The average Bonchev–Trinajstić information content (AvgIpc) is 2.67. The Kier molecular flexibility index (Phi) is 2.44. The Balaban J connectivity index is 2.08. The number of benzene rings is 1. The predicted octanol–water partition coefficient (Wildman–Crippen LogP) is 2.61. The summed E-state index contributed by atoms with van der Waals surface area (Å²) in [5.74, 6) is 0. The fraction of sp³-hybridized carbons (Fsp3) is 0.333. The van der Waals surface area contributed by atoms with Crippen LogP contribution in [0.2, 0.25) is 0 Å². The van der Waals surface area contributed by atoms with Gasteiger partial charge in [0.2, 0.25) is 0 Å². The van der Waals surface area contributed by atoms with Gasteiger partial charge in [-0.2, -0.15) is 0 Å². The van der Waals surface area contributed by atoms with Gasteiger partial charge in [0.05, 0.1) is 12.2 Å². The zero-order valence-corrected chi connectivity index (χ0v) is 8.75. The molecule has 1 aromatic carbocycles. The highest BCUT2D eigenvalue weighted by Crippen LogP contribution is 2.18. The van der Waals surface area contributed by atoms with E-state index in [-0.39, 0.29) is 0 Å². The molecule has 0 radical (unpaired) electrons. The van der Waals surface area contributed by atoms with Gasteiger partial charge in [0, 0.05) is 6.20 Å². The molecule has 1 aromatic rings. The molecule has 0 spiro atoms. The summed E-state index contributed by atoms with van der Waals surface area (Å²) in [6.45, 7) is 5.29. The summed E-state index contributed by atoms with van der Waals surface area (Å²) in [6, 6.07) is 8.57. The number of hydrogen-bond acceptors (Lipinski definition) is 2. The maximum Gasteiger partial charge on any atom is 0.0621 e. The van der Waals surface area contributed by atoms with E-state index in [4.69, 9.17) is 0 Å². The van der Waals surface area contributed by atoms with Crippen LogP contribution >= 0.6 is 0 Å². The maximum atomic E-state index is 3.26. The normalized spacial score (nSPS) is 15.3. The monoisotopic (exact) mass is 188 g/mol. The molecule has 0 bridgehead atoms. The smallest absolute Gasteiger partial charge is 0.0621 e. The van der Waals surface area contributed by atoms with Gasteiger partial charge < -0.3 is 5.43 Å². The molecular formula is C12H16N2. The van der Waals surface area contributed by atoms with Crippen LogP contribution in [-0.4, -0.2) is 6.54 Å². The van der Waals surface area contributed by atoms with Gasteiger partial charge in [0.15, 0.2) is 0 Å². The van der Waals surface area contributed by atoms with Crippen LogP contribution in [0, 0.1) is 6.92 Å². The van der Waals surface area contributed by atoms with E-state index < -0.39 is 0 Å². The first-order valence-electron chi connectivity index (χ1n) is 5.08. The first-order valence-corrected chi connectivity index (χ1v) is 5.08. The second kappa shape index (κ2) is 3.74. The lowest BCUT2D eigenvalue weighted by molar-refractivity contribution is 0.829. The maximum absolute atomic E-state index is 3.26. The van der Waals surface area contributed by atoms with Crippen molar-refractivity contribution in [3.63, 3.8) is 0 Å². The van der Waals surface area contributed by atoms with Gasteiger partial charge in [-0.05, 0) is 31.1 Å². The number of hydrazine groups is 1. The van der Waals surface area contributed by atoms with E-state index in [1.165, 1.54) is 16.8 Å². The van der Waals surface area contributed by atoms with Gasteiger partial charge in [0.25, 0.3) is 0 Å². The molecule has 14 heavy (non-hydrogen) atoms. The fourth-order valence-electron chi connectivity index (χ4n) is 1.57. The van der Waals surface area contributed by atoms with Gasteiger partial charge in [-0.3, -0.25) is 5.01 Å². The van der Waals surface area contributed by atoms with Crippen LogP contribution < -0.4 is 10.4 Å². The first-order chi connectivity index (χ1) is 6.79. The molecule has 0 unspecified atom stereocenters. The van der Waals surface area contributed by atoms with E-state index in [0.717, 1.165) is 13.0 Å². The van der Waals surface area contributed by atoms with Gasteiger partial charge in [0.1, 0.15) is 0 Å². The lowest BCUT2D eigenvalue weighted by Gasteiger charge is -2.18.